The average molecular weight is 362 g/mol. The van der Waals surface area contributed by atoms with E-state index in [2.05, 4.69) is 9.97 Å². The van der Waals surface area contributed by atoms with Crippen molar-refractivity contribution in [1.82, 2.24) is 14.9 Å². The van der Waals surface area contributed by atoms with E-state index >= 15 is 0 Å². The zero-order valence-corrected chi connectivity index (χ0v) is 14.6. The van der Waals surface area contributed by atoms with E-state index in [4.69, 9.17) is 0 Å². The highest BCUT2D eigenvalue weighted by Crippen LogP contribution is 2.15. The maximum absolute atomic E-state index is 13.8. The highest BCUT2D eigenvalue weighted by atomic mass is 19.1. The zero-order valence-electron chi connectivity index (χ0n) is 14.6. The van der Waals surface area contributed by atoms with E-state index in [1.54, 1.807) is 35.6 Å². The van der Waals surface area contributed by atoms with Gasteiger partial charge in [0.25, 0.3) is 5.91 Å². The molecule has 0 unspecified atom stereocenters. The van der Waals surface area contributed by atoms with Crippen LogP contribution in [0.25, 0.3) is 0 Å². The van der Waals surface area contributed by atoms with Crippen LogP contribution in [0.4, 0.5) is 14.7 Å². The SMILES string of the molecule is C[C@@H]([NH2+]CC(=O)N1CCN(c2ncccn2)CC1)c1ccc(F)cc1F. The summed E-state index contributed by atoms with van der Waals surface area (Å²) in [6.07, 6.45) is 3.40. The minimum absolute atomic E-state index is 0.00741. The predicted molar refractivity (Wildman–Crippen MR) is 92.4 cm³/mol. The van der Waals surface area contributed by atoms with Crippen molar-refractivity contribution in [3.05, 3.63) is 53.9 Å². The summed E-state index contributed by atoms with van der Waals surface area (Å²) in [6.45, 7) is 4.58. The van der Waals surface area contributed by atoms with Crippen LogP contribution in [-0.4, -0.2) is 53.5 Å². The lowest BCUT2D eigenvalue weighted by molar-refractivity contribution is -0.683. The zero-order chi connectivity index (χ0) is 18.5. The average Bonchev–Trinajstić information content (AvgIpc) is 2.66. The van der Waals surface area contributed by atoms with Crippen LogP contribution in [0.15, 0.2) is 36.7 Å². The van der Waals surface area contributed by atoms with Crippen LogP contribution < -0.4 is 10.2 Å². The molecular formula is C18H22F2N5O+. The molecule has 3 rings (SSSR count). The molecule has 1 atom stereocenters. The predicted octanol–water partition coefficient (Wildman–Crippen LogP) is 0.728. The van der Waals surface area contributed by atoms with Gasteiger partial charge >= 0.3 is 0 Å². The molecule has 2 N–H and O–H groups in total. The van der Waals surface area contributed by atoms with Crippen molar-refractivity contribution in [2.75, 3.05) is 37.6 Å². The lowest BCUT2D eigenvalue weighted by Crippen LogP contribution is -2.87. The van der Waals surface area contributed by atoms with Crippen LogP contribution in [-0.2, 0) is 4.79 Å². The second-order valence-corrected chi connectivity index (χ2v) is 6.31. The van der Waals surface area contributed by atoms with E-state index in [9.17, 15) is 13.6 Å². The standard InChI is InChI=1S/C18H21F2N5O/c1-13(15-4-3-14(19)11-16(15)20)23-12-17(26)24-7-9-25(10-8-24)18-21-5-2-6-22-18/h2-6,11,13,23H,7-10,12H2,1H3/p+1/t13-/m1/s1. The maximum Gasteiger partial charge on any atom is 0.277 e. The first-order chi connectivity index (χ1) is 12.5. The molecule has 26 heavy (non-hydrogen) atoms. The van der Waals surface area contributed by atoms with Gasteiger partial charge in [0.2, 0.25) is 5.95 Å². The number of amides is 1. The lowest BCUT2D eigenvalue weighted by Gasteiger charge is -2.34. The lowest BCUT2D eigenvalue weighted by atomic mass is 10.1. The topological polar surface area (TPSA) is 65.9 Å². The van der Waals surface area contributed by atoms with Gasteiger partial charge in [0.15, 0.2) is 6.54 Å². The van der Waals surface area contributed by atoms with E-state index in [0.717, 1.165) is 6.07 Å². The molecule has 1 aliphatic rings. The number of piperazine rings is 1. The molecule has 2 heterocycles. The number of hydrogen-bond donors (Lipinski definition) is 1. The summed E-state index contributed by atoms with van der Waals surface area (Å²) in [4.78, 5) is 24.7. The van der Waals surface area contributed by atoms with Gasteiger partial charge in [0.05, 0.1) is 0 Å². The number of quaternary nitrogens is 1. The number of halogens is 2. The van der Waals surface area contributed by atoms with E-state index in [1.165, 1.54) is 12.1 Å². The Morgan fingerprint density at radius 3 is 2.54 bits per heavy atom. The van der Waals surface area contributed by atoms with Gasteiger partial charge in [0, 0.05) is 50.2 Å². The summed E-state index contributed by atoms with van der Waals surface area (Å²) in [5.74, 6) is -0.507. The number of carbonyl (C=O) groups is 1. The van der Waals surface area contributed by atoms with Crippen LogP contribution in [0, 0.1) is 11.6 Å². The van der Waals surface area contributed by atoms with Crippen LogP contribution in [0.5, 0.6) is 0 Å². The Hall–Kier alpha value is -2.61. The van der Waals surface area contributed by atoms with Gasteiger partial charge in [-0.2, -0.15) is 0 Å². The molecule has 0 radical (unpaired) electrons. The summed E-state index contributed by atoms with van der Waals surface area (Å²) < 4.78 is 26.8. The first-order valence-corrected chi connectivity index (χ1v) is 8.62. The molecule has 1 amide bonds. The smallest absolute Gasteiger partial charge is 0.277 e. The van der Waals surface area contributed by atoms with E-state index in [0.29, 0.717) is 37.7 Å². The molecular weight excluding hydrogens is 340 g/mol. The van der Waals surface area contributed by atoms with Crippen LogP contribution in [0.3, 0.4) is 0 Å². The largest absolute Gasteiger partial charge is 0.337 e. The maximum atomic E-state index is 13.8. The molecule has 6 nitrogen and oxygen atoms in total. The third-order valence-electron chi connectivity index (χ3n) is 4.57. The third kappa shape index (κ3) is 4.32. The Kier molecular flexibility index (Phi) is 5.72. The number of aromatic nitrogens is 2. The molecule has 8 heteroatoms. The molecule has 0 aliphatic carbocycles. The van der Waals surface area contributed by atoms with Gasteiger partial charge in [0.1, 0.15) is 17.7 Å². The minimum Gasteiger partial charge on any atom is -0.337 e. The second kappa shape index (κ2) is 8.18. The Labute approximate surface area is 150 Å². The number of anilines is 1. The molecule has 0 saturated carbocycles. The molecule has 138 valence electrons. The summed E-state index contributed by atoms with van der Waals surface area (Å²) in [5.41, 5.74) is 0.394. The quantitative estimate of drug-likeness (QED) is 0.852. The van der Waals surface area contributed by atoms with E-state index in [1.807, 2.05) is 4.90 Å². The van der Waals surface area contributed by atoms with E-state index in [-0.39, 0.29) is 18.5 Å². The van der Waals surface area contributed by atoms with Crippen molar-refractivity contribution in [1.29, 1.82) is 0 Å². The number of hydrogen-bond acceptors (Lipinski definition) is 4. The van der Waals surface area contributed by atoms with Crippen molar-refractivity contribution < 1.29 is 18.9 Å². The van der Waals surface area contributed by atoms with Gasteiger partial charge in [-0.05, 0) is 25.1 Å². The summed E-state index contributed by atoms with van der Waals surface area (Å²) >= 11 is 0. The van der Waals surface area contributed by atoms with Crippen molar-refractivity contribution >= 4 is 11.9 Å². The highest BCUT2D eigenvalue weighted by Gasteiger charge is 2.24. The van der Waals surface area contributed by atoms with Gasteiger partial charge < -0.3 is 15.1 Å². The number of carbonyl (C=O) groups excluding carboxylic acids is 1. The molecule has 1 saturated heterocycles. The van der Waals surface area contributed by atoms with E-state index < -0.39 is 11.6 Å². The molecule has 1 fully saturated rings. The summed E-state index contributed by atoms with van der Waals surface area (Å²) in [7, 11) is 0. The van der Waals surface area contributed by atoms with Crippen molar-refractivity contribution in [2.24, 2.45) is 0 Å². The van der Waals surface area contributed by atoms with Crippen molar-refractivity contribution in [2.45, 2.75) is 13.0 Å². The number of rotatable bonds is 5. The molecule has 1 aliphatic heterocycles. The van der Waals surface area contributed by atoms with Crippen LogP contribution >= 0.6 is 0 Å². The van der Waals surface area contributed by atoms with Gasteiger partial charge in [-0.25, -0.2) is 18.7 Å². The molecule has 1 aromatic carbocycles. The monoisotopic (exact) mass is 362 g/mol. The van der Waals surface area contributed by atoms with Crippen molar-refractivity contribution in [3.63, 3.8) is 0 Å². The first-order valence-electron chi connectivity index (χ1n) is 8.62. The third-order valence-corrected chi connectivity index (χ3v) is 4.57. The van der Waals surface area contributed by atoms with Gasteiger partial charge in [-0.15, -0.1) is 0 Å². The fourth-order valence-corrected chi connectivity index (χ4v) is 3.01. The van der Waals surface area contributed by atoms with Crippen LogP contribution in [0.2, 0.25) is 0 Å². The normalized spacial score (nSPS) is 15.8. The second-order valence-electron chi connectivity index (χ2n) is 6.31. The molecule has 2 aromatic rings. The number of nitrogens with two attached hydrogens (primary N) is 1. The molecule has 0 bridgehead atoms. The first kappa shape index (κ1) is 18.2. The number of nitrogens with zero attached hydrogens (tertiary/aromatic N) is 4. The van der Waals surface area contributed by atoms with Gasteiger partial charge in [-0.3, -0.25) is 4.79 Å². The summed E-state index contributed by atoms with van der Waals surface area (Å²) in [6, 6.07) is 5.03. The van der Waals surface area contributed by atoms with Crippen molar-refractivity contribution in [3.8, 4) is 0 Å². The Morgan fingerprint density at radius 1 is 1.19 bits per heavy atom. The number of benzene rings is 1. The van der Waals surface area contributed by atoms with Gasteiger partial charge in [-0.1, -0.05) is 0 Å². The summed E-state index contributed by atoms with van der Waals surface area (Å²) in [5, 5.41) is 1.77. The Bertz CT molecular complexity index is 751. The molecule has 1 aromatic heterocycles. The Morgan fingerprint density at radius 2 is 1.88 bits per heavy atom. The van der Waals surface area contributed by atoms with Crippen LogP contribution in [0.1, 0.15) is 18.5 Å². The highest BCUT2D eigenvalue weighted by molar-refractivity contribution is 5.77. The fraction of sp³-hybridized carbons (Fsp3) is 0.389. The minimum atomic E-state index is -0.602. The molecule has 0 spiro atoms. The Balaban J connectivity index is 1.48. The fourth-order valence-electron chi connectivity index (χ4n) is 3.01.